The average molecular weight is 1240 g/mol. The Morgan fingerprint density at radius 3 is 1.26 bits per heavy atom. The summed E-state index contributed by atoms with van der Waals surface area (Å²) in [6.07, 6.45) is 10.1. The minimum absolute atomic E-state index is 0.104. The summed E-state index contributed by atoms with van der Waals surface area (Å²) in [7, 11) is 2.94. The van der Waals surface area contributed by atoms with Gasteiger partial charge in [0.05, 0.1) is 12.1 Å². The summed E-state index contributed by atoms with van der Waals surface area (Å²) in [6, 6.07) is 24.8. The second kappa shape index (κ2) is 30.4. The van der Waals surface area contributed by atoms with Crippen molar-refractivity contribution in [1.82, 2.24) is 40.9 Å². The van der Waals surface area contributed by atoms with Gasteiger partial charge in [-0.05, 0) is 189 Å². The fraction of sp³-hybridized carbons (Fsp3) is 0.514. The molecule has 2 heterocycles. The molecule has 8 amide bonds. The zero-order chi connectivity index (χ0) is 64.9. The van der Waals surface area contributed by atoms with Gasteiger partial charge < -0.3 is 50.0 Å². The molecule has 20 heteroatoms. The van der Waals surface area contributed by atoms with E-state index in [1.54, 1.807) is 89.5 Å². The van der Waals surface area contributed by atoms with Crippen molar-refractivity contribution < 1.29 is 57.3 Å². The van der Waals surface area contributed by atoms with Crippen molar-refractivity contribution in [3.05, 3.63) is 143 Å². The van der Waals surface area contributed by atoms with Gasteiger partial charge in [0.25, 0.3) is 0 Å². The molecule has 2 saturated heterocycles. The van der Waals surface area contributed by atoms with Crippen LogP contribution in [0.1, 0.15) is 152 Å². The highest BCUT2D eigenvalue weighted by atomic mass is 16.6. The smallest absolute Gasteiger partial charge is 0.410 e. The second-order valence-corrected chi connectivity index (χ2v) is 26.1. The van der Waals surface area contributed by atoms with Crippen molar-refractivity contribution in [3.8, 4) is 11.5 Å². The molecule has 4 aromatic rings. The summed E-state index contributed by atoms with van der Waals surface area (Å²) in [4.78, 5) is 117. The third kappa shape index (κ3) is 18.1. The van der Waals surface area contributed by atoms with Gasteiger partial charge >= 0.3 is 12.2 Å². The minimum atomic E-state index is -1.06. The molecule has 8 atom stereocenters. The number of ether oxygens (including phenoxy) is 4. The number of hydrogen-bond acceptors (Lipinski definition) is 12. The highest BCUT2D eigenvalue weighted by Crippen LogP contribution is 2.33. The van der Waals surface area contributed by atoms with E-state index in [4.69, 9.17) is 18.9 Å². The molecule has 8 rings (SSSR count). The summed E-state index contributed by atoms with van der Waals surface area (Å²) in [6.45, 7) is 14.7. The Bertz CT molecular complexity index is 3000. The maximum Gasteiger partial charge on any atom is 0.410 e. The van der Waals surface area contributed by atoms with Crippen LogP contribution in [0, 0.1) is 0 Å². The van der Waals surface area contributed by atoms with Crippen molar-refractivity contribution in [2.24, 2.45) is 0 Å². The average Bonchev–Trinajstić information content (AvgIpc) is 3.32. The molecule has 4 N–H and O–H groups in total. The third-order valence-corrected chi connectivity index (χ3v) is 17.1. The van der Waals surface area contributed by atoms with E-state index in [2.05, 4.69) is 33.4 Å². The maximum atomic E-state index is 14.6. The summed E-state index contributed by atoms with van der Waals surface area (Å²) in [5.41, 5.74) is 4.50. The molecule has 20 nitrogen and oxygen atoms in total. The first-order chi connectivity index (χ1) is 42.8. The maximum absolute atomic E-state index is 14.6. The number of likely N-dealkylation sites (N-methyl/N-ethyl adjacent to an activating group) is 2. The van der Waals surface area contributed by atoms with E-state index in [1.807, 2.05) is 72.8 Å². The fourth-order valence-electron chi connectivity index (χ4n) is 12.0. The molecule has 4 aromatic carbocycles. The number of carbonyl (C=O) groups is 8. The number of fused-ring (bicyclic) bond motifs is 2. The van der Waals surface area contributed by atoms with E-state index in [0.29, 0.717) is 50.3 Å². The van der Waals surface area contributed by atoms with Crippen LogP contribution in [-0.4, -0.2) is 155 Å². The SMILES string of the molecule is C[C@@H](C(=O)N[C@@H](Cc1ccc(OC/C=C\COc2ccc(C[C@H](NC(=O)[C@H](C)N(C)C(=O)OC(C)(C)C)C(=O)N3CCCC3C(=O)N[C@@H]3CCCc4ccccc43)cc2)cc1)C(=O)N1CCCC1C(=O)N[C@@H]1CCCc2ccccc21)N(C)C(=O)OC(C)(C)C. The van der Waals surface area contributed by atoms with E-state index in [9.17, 15) is 38.4 Å². The van der Waals surface area contributed by atoms with Gasteiger partial charge in [-0.15, -0.1) is 0 Å². The Kier molecular flexibility index (Phi) is 22.8. The highest BCUT2D eigenvalue weighted by molar-refractivity contribution is 5.96. The molecule has 90 heavy (non-hydrogen) atoms. The predicted molar refractivity (Wildman–Crippen MR) is 341 cm³/mol. The quantitative estimate of drug-likeness (QED) is 0.0542. The molecule has 0 aromatic heterocycles. The zero-order valence-corrected chi connectivity index (χ0v) is 54.0. The lowest BCUT2D eigenvalue weighted by Gasteiger charge is -2.33. The van der Waals surface area contributed by atoms with Gasteiger partial charge in [0.15, 0.2) is 0 Å². The lowest BCUT2D eigenvalue weighted by Crippen LogP contribution is -2.57. The van der Waals surface area contributed by atoms with Crippen LogP contribution in [0.15, 0.2) is 109 Å². The molecule has 0 saturated carbocycles. The van der Waals surface area contributed by atoms with Crippen LogP contribution >= 0.6 is 0 Å². The number of nitrogens with one attached hydrogen (secondary N) is 4. The summed E-state index contributed by atoms with van der Waals surface area (Å²) < 4.78 is 23.1. The highest BCUT2D eigenvalue weighted by Gasteiger charge is 2.42. The van der Waals surface area contributed by atoms with Gasteiger partial charge in [-0.25, -0.2) is 9.59 Å². The standard InChI is InChI=1S/C70H92N8O12/c1-45(75(9)67(85)89-69(3,4)5)61(79)73-57(65(83)77-39-19-29-59(77)63(81)71-55-27-17-23-49-21-11-13-25-53(49)55)43-47-31-35-51(36-32-47)87-41-15-16-42-88-52-37-33-48(34-38-52)44-58(74-62(80)46(2)76(10)68(86)90-70(6,7)8)66(84)78-40-20-30-60(78)64(82)72-56-28-18-24-50-22-12-14-26-54(50)56/h11-16,21-22,25-26,31-38,45-46,55-60H,17-20,23-24,27-30,39-44H2,1-10H3,(H,71,81)(H,72,82)(H,73,79)(H,74,80)/b16-15-/t45-,46-,55+,56+,57-,58-,59?,60?/m0/s1. The molecule has 0 bridgehead atoms. The van der Waals surface area contributed by atoms with Crippen LogP contribution in [-0.2, 0) is 63.9 Å². The van der Waals surface area contributed by atoms with Crippen LogP contribution in [0.2, 0.25) is 0 Å². The van der Waals surface area contributed by atoms with Crippen molar-refractivity contribution in [2.75, 3.05) is 40.4 Å². The zero-order valence-electron chi connectivity index (χ0n) is 54.0. The van der Waals surface area contributed by atoms with Gasteiger partial charge in [0, 0.05) is 40.0 Å². The Labute approximate surface area is 530 Å². The first-order valence-electron chi connectivity index (χ1n) is 31.8. The van der Waals surface area contributed by atoms with Crippen molar-refractivity contribution in [2.45, 2.75) is 192 Å². The number of aryl methyl sites for hydroxylation is 2. The molecule has 0 radical (unpaired) electrons. The monoisotopic (exact) mass is 1240 g/mol. The van der Waals surface area contributed by atoms with Crippen LogP contribution in [0.4, 0.5) is 9.59 Å². The summed E-state index contributed by atoms with van der Waals surface area (Å²) in [5, 5.41) is 12.3. The predicted octanol–water partition coefficient (Wildman–Crippen LogP) is 8.64. The molecular weight excluding hydrogens is 1140 g/mol. The number of carbonyl (C=O) groups excluding carboxylic acids is 8. The van der Waals surface area contributed by atoms with Crippen LogP contribution < -0.4 is 30.7 Å². The van der Waals surface area contributed by atoms with Crippen LogP contribution in [0.5, 0.6) is 11.5 Å². The number of benzene rings is 4. The van der Waals surface area contributed by atoms with E-state index >= 15 is 0 Å². The number of amides is 8. The Hall–Kier alpha value is -8.42. The lowest BCUT2D eigenvalue weighted by atomic mass is 9.87. The number of rotatable bonds is 22. The van der Waals surface area contributed by atoms with Gasteiger partial charge in [-0.3, -0.25) is 38.6 Å². The molecule has 2 fully saturated rings. The molecule has 4 aliphatic rings. The Morgan fingerprint density at radius 1 is 0.522 bits per heavy atom. The molecular formula is C70H92N8O12. The second-order valence-electron chi connectivity index (χ2n) is 26.1. The molecule has 2 aliphatic heterocycles. The van der Waals surface area contributed by atoms with Gasteiger partial charge in [0.1, 0.15) is 72.2 Å². The topological polar surface area (TPSA) is 235 Å². The lowest BCUT2D eigenvalue weighted by molar-refractivity contribution is -0.142. The van der Waals surface area contributed by atoms with Crippen molar-refractivity contribution in [3.63, 3.8) is 0 Å². The van der Waals surface area contributed by atoms with E-state index in [1.165, 1.54) is 35.0 Å². The van der Waals surface area contributed by atoms with Gasteiger partial charge in [-0.1, -0.05) is 72.8 Å². The van der Waals surface area contributed by atoms with Crippen LogP contribution in [0.25, 0.3) is 0 Å². The molecule has 484 valence electrons. The first-order valence-corrected chi connectivity index (χ1v) is 31.8. The van der Waals surface area contributed by atoms with E-state index < -0.39 is 83.3 Å². The molecule has 2 unspecified atom stereocenters. The normalized spacial score (nSPS) is 19.4. The van der Waals surface area contributed by atoms with E-state index in [0.717, 1.165) is 60.8 Å². The third-order valence-electron chi connectivity index (χ3n) is 17.1. The molecule has 0 spiro atoms. The van der Waals surface area contributed by atoms with Crippen molar-refractivity contribution in [1.29, 1.82) is 0 Å². The summed E-state index contributed by atoms with van der Waals surface area (Å²) >= 11 is 0. The van der Waals surface area contributed by atoms with Gasteiger partial charge in [-0.2, -0.15) is 0 Å². The Morgan fingerprint density at radius 2 is 0.889 bits per heavy atom. The Balaban J connectivity index is 0.866. The number of nitrogens with zero attached hydrogens (tertiary/aromatic N) is 4. The van der Waals surface area contributed by atoms with Crippen molar-refractivity contribution >= 4 is 47.6 Å². The molecule has 2 aliphatic carbocycles. The number of hydrogen-bond donors (Lipinski definition) is 4. The van der Waals surface area contributed by atoms with Crippen LogP contribution in [0.3, 0.4) is 0 Å². The fourth-order valence-corrected chi connectivity index (χ4v) is 12.0. The summed E-state index contributed by atoms with van der Waals surface area (Å²) in [5.74, 6) is -1.22. The van der Waals surface area contributed by atoms with E-state index in [-0.39, 0.29) is 50.0 Å². The largest absolute Gasteiger partial charge is 0.490 e. The first kappa shape index (κ1) is 67.5. The van der Waals surface area contributed by atoms with Gasteiger partial charge in [0.2, 0.25) is 35.4 Å². The minimum Gasteiger partial charge on any atom is -0.490 e. The number of likely N-dealkylation sites (tertiary alicyclic amines) is 2.